The summed E-state index contributed by atoms with van der Waals surface area (Å²) in [7, 11) is -3.27. The first-order valence-corrected chi connectivity index (χ1v) is 9.50. The minimum atomic E-state index is -3.27. The van der Waals surface area contributed by atoms with Crippen molar-refractivity contribution in [1.82, 2.24) is 4.72 Å². The first kappa shape index (κ1) is 16.5. The second kappa shape index (κ2) is 7.92. The summed E-state index contributed by atoms with van der Waals surface area (Å²) in [5.74, 6) is 0.830. The fourth-order valence-electron chi connectivity index (χ4n) is 3.07. The van der Waals surface area contributed by atoms with Gasteiger partial charge < -0.3 is 5.73 Å². The third-order valence-corrected chi connectivity index (χ3v) is 5.60. The van der Waals surface area contributed by atoms with Crippen LogP contribution in [0.15, 0.2) is 24.3 Å². The highest BCUT2D eigenvalue weighted by molar-refractivity contribution is 7.88. The average Bonchev–Trinajstić information content (AvgIpc) is 2.97. The summed E-state index contributed by atoms with van der Waals surface area (Å²) in [6.45, 7) is 0.914. The normalized spacial score (nSPS) is 16.4. The van der Waals surface area contributed by atoms with Gasteiger partial charge in [0.05, 0.1) is 5.75 Å². The van der Waals surface area contributed by atoms with Crippen molar-refractivity contribution in [2.75, 3.05) is 6.54 Å². The van der Waals surface area contributed by atoms with E-state index in [0.29, 0.717) is 13.1 Å². The molecule has 1 aromatic carbocycles. The van der Waals surface area contributed by atoms with Gasteiger partial charge in [-0.3, -0.25) is 0 Å². The first-order valence-electron chi connectivity index (χ1n) is 7.85. The van der Waals surface area contributed by atoms with E-state index in [1.165, 1.54) is 25.7 Å². The van der Waals surface area contributed by atoms with Crippen LogP contribution in [0.4, 0.5) is 0 Å². The van der Waals surface area contributed by atoms with Gasteiger partial charge in [0.15, 0.2) is 0 Å². The molecule has 0 radical (unpaired) electrons. The molecule has 3 N–H and O–H groups in total. The number of rotatable bonds is 8. The van der Waals surface area contributed by atoms with Crippen LogP contribution >= 0.6 is 0 Å². The van der Waals surface area contributed by atoms with Gasteiger partial charge in [0.1, 0.15) is 0 Å². The van der Waals surface area contributed by atoms with Gasteiger partial charge >= 0.3 is 0 Å². The zero-order valence-electron chi connectivity index (χ0n) is 12.6. The van der Waals surface area contributed by atoms with E-state index in [4.69, 9.17) is 5.73 Å². The van der Waals surface area contributed by atoms with Gasteiger partial charge in [-0.05, 0) is 29.9 Å². The van der Waals surface area contributed by atoms with Crippen LogP contribution in [0.2, 0.25) is 0 Å². The number of hydrogen-bond acceptors (Lipinski definition) is 3. The van der Waals surface area contributed by atoms with Crippen molar-refractivity contribution in [2.45, 2.75) is 50.8 Å². The lowest BCUT2D eigenvalue weighted by atomic mass is 10.0. The predicted molar refractivity (Wildman–Crippen MR) is 86.2 cm³/mol. The Morgan fingerprint density at radius 1 is 1.14 bits per heavy atom. The van der Waals surface area contributed by atoms with Gasteiger partial charge in [0, 0.05) is 13.1 Å². The van der Waals surface area contributed by atoms with Gasteiger partial charge in [-0.25, -0.2) is 13.1 Å². The Morgan fingerprint density at radius 3 is 2.48 bits per heavy atom. The summed E-state index contributed by atoms with van der Waals surface area (Å²) in [6, 6.07) is 7.45. The summed E-state index contributed by atoms with van der Waals surface area (Å²) < 4.78 is 26.9. The van der Waals surface area contributed by atoms with E-state index in [-0.39, 0.29) is 5.75 Å². The molecule has 1 aromatic rings. The second-order valence-corrected chi connectivity index (χ2v) is 7.73. The van der Waals surface area contributed by atoms with Crippen molar-refractivity contribution in [3.8, 4) is 0 Å². The zero-order valence-corrected chi connectivity index (χ0v) is 13.4. The van der Waals surface area contributed by atoms with E-state index in [0.717, 1.165) is 29.9 Å². The van der Waals surface area contributed by atoms with E-state index >= 15 is 0 Å². The fourth-order valence-corrected chi connectivity index (χ4v) is 4.32. The molecule has 1 aliphatic carbocycles. The lowest BCUT2D eigenvalue weighted by Crippen LogP contribution is -2.27. The Labute approximate surface area is 128 Å². The largest absolute Gasteiger partial charge is 0.326 e. The van der Waals surface area contributed by atoms with Crippen LogP contribution in [0.1, 0.15) is 49.7 Å². The van der Waals surface area contributed by atoms with Crippen molar-refractivity contribution < 1.29 is 8.42 Å². The molecule has 0 aromatic heterocycles. The molecule has 0 atom stereocenters. The number of nitrogens with one attached hydrogen (secondary N) is 1. The van der Waals surface area contributed by atoms with Crippen molar-refractivity contribution in [3.05, 3.63) is 35.4 Å². The van der Waals surface area contributed by atoms with Crippen LogP contribution in [0, 0.1) is 5.92 Å². The lowest BCUT2D eigenvalue weighted by molar-refractivity contribution is 0.480. The van der Waals surface area contributed by atoms with Gasteiger partial charge in [-0.15, -0.1) is 0 Å². The molecular formula is C16H26N2O2S. The quantitative estimate of drug-likeness (QED) is 0.725. The number of hydrogen-bond donors (Lipinski definition) is 2. The second-order valence-electron chi connectivity index (χ2n) is 5.92. The lowest BCUT2D eigenvalue weighted by Gasteiger charge is -2.11. The monoisotopic (exact) mass is 310 g/mol. The standard InChI is InChI=1S/C16H26N2O2S/c17-12-15-9-3-4-10-16(15)13-21(19,20)18-11-5-8-14-6-1-2-7-14/h3-4,9-10,14,18H,1-2,5-8,11-13,17H2. The van der Waals surface area contributed by atoms with Crippen molar-refractivity contribution >= 4 is 10.0 Å². The van der Waals surface area contributed by atoms with Crippen LogP contribution in [0.5, 0.6) is 0 Å². The Balaban J connectivity index is 1.78. The first-order chi connectivity index (χ1) is 10.1. The minimum Gasteiger partial charge on any atom is -0.326 e. The summed E-state index contributed by atoms with van der Waals surface area (Å²) in [5, 5.41) is 0. The Kier molecular flexibility index (Phi) is 6.21. The molecule has 0 amide bonds. The molecule has 21 heavy (non-hydrogen) atoms. The molecular weight excluding hydrogens is 284 g/mol. The smallest absolute Gasteiger partial charge is 0.215 e. The van der Waals surface area contributed by atoms with Gasteiger partial charge in [-0.1, -0.05) is 49.9 Å². The molecule has 0 heterocycles. The Bertz CT molecular complexity index is 537. The Morgan fingerprint density at radius 2 is 1.81 bits per heavy atom. The molecule has 0 bridgehead atoms. The molecule has 0 aliphatic heterocycles. The van der Waals surface area contributed by atoms with Crippen LogP contribution in [0.3, 0.4) is 0 Å². The molecule has 0 saturated heterocycles. The molecule has 1 aliphatic rings. The highest BCUT2D eigenvalue weighted by Gasteiger charge is 2.16. The molecule has 1 fully saturated rings. The van der Waals surface area contributed by atoms with Crippen LogP contribution in [0.25, 0.3) is 0 Å². The van der Waals surface area contributed by atoms with Crippen LogP contribution < -0.4 is 10.5 Å². The maximum atomic E-state index is 12.1. The molecule has 1 saturated carbocycles. The zero-order chi connectivity index (χ0) is 15.1. The van der Waals surface area contributed by atoms with Gasteiger partial charge in [0.25, 0.3) is 0 Å². The maximum Gasteiger partial charge on any atom is 0.215 e. The van der Waals surface area contributed by atoms with E-state index < -0.39 is 10.0 Å². The van der Waals surface area contributed by atoms with E-state index in [9.17, 15) is 8.42 Å². The van der Waals surface area contributed by atoms with E-state index in [1.807, 2.05) is 24.3 Å². The SMILES string of the molecule is NCc1ccccc1CS(=O)(=O)NCCCC1CCCC1. The number of sulfonamides is 1. The third kappa shape index (κ3) is 5.41. The van der Waals surface area contributed by atoms with E-state index in [1.54, 1.807) is 0 Å². The van der Waals surface area contributed by atoms with Crippen molar-refractivity contribution in [3.63, 3.8) is 0 Å². The summed E-state index contributed by atoms with van der Waals surface area (Å²) in [5.41, 5.74) is 7.34. The highest BCUT2D eigenvalue weighted by atomic mass is 32.2. The van der Waals surface area contributed by atoms with Gasteiger partial charge in [-0.2, -0.15) is 0 Å². The third-order valence-electron chi connectivity index (χ3n) is 4.27. The maximum absolute atomic E-state index is 12.1. The number of nitrogens with two attached hydrogens (primary N) is 1. The average molecular weight is 310 g/mol. The molecule has 0 unspecified atom stereocenters. The molecule has 0 spiro atoms. The predicted octanol–water partition coefficient (Wildman–Crippen LogP) is 2.54. The minimum absolute atomic E-state index is 0.0177. The summed E-state index contributed by atoms with van der Waals surface area (Å²) >= 11 is 0. The molecule has 5 heteroatoms. The molecule has 2 rings (SSSR count). The summed E-state index contributed by atoms with van der Waals surface area (Å²) in [6.07, 6.45) is 7.39. The van der Waals surface area contributed by atoms with Gasteiger partial charge in [0.2, 0.25) is 10.0 Å². The number of benzene rings is 1. The highest BCUT2D eigenvalue weighted by Crippen LogP contribution is 2.28. The fraction of sp³-hybridized carbons (Fsp3) is 0.625. The van der Waals surface area contributed by atoms with Crippen molar-refractivity contribution in [1.29, 1.82) is 0 Å². The molecule has 4 nitrogen and oxygen atoms in total. The van der Waals surface area contributed by atoms with Crippen LogP contribution in [-0.4, -0.2) is 15.0 Å². The Hall–Kier alpha value is -0.910. The van der Waals surface area contributed by atoms with Crippen molar-refractivity contribution in [2.24, 2.45) is 11.7 Å². The van der Waals surface area contributed by atoms with E-state index in [2.05, 4.69) is 4.72 Å². The molecule has 118 valence electrons. The summed E-state index contributed by atoms with van der Waals surface area (Å²) in [4.78, 5) is 0. The van der Waals surface area contributed by atoms with Crippen LogP contribution in [-0.2, 0) is 22.3 Å². The topological polar surface area (TPSA) is 72.2 Å².